The highest BCUT2D eigenvalue weighted by atomic mass is 16.6. The van der Waals surface area contributed by atoms with E-state index in [1.807, 2.05) is 6.08 Å². The number of allylic oxidation sites excluding steroid dienone is 2. The molecule has 1 aromatic heterocycles. The molecule has 1 N–H and O–H groups in total. The van der Waals surface area contributed by atoms with Crippen LogP contribution in [-0.4, -0.2) is 86.5 Å². The van der Waals surface area contributed by atoms with E-state index in [1.165, 1.54) is 13.2 Å². The molecule has 2 unspecified atom stereocenters. The average molecular weight is 687 g/mol. The summed E-state index contributed by atoms with van der Waals surface area (Å²) in [7, 11) is 3.01. The first-order valence-corrected chi connectivity index (χ1v) is 17.7. The lowest BCUT2D eigenvalue weighted by Gasteiger charge is -2.38. The fourth-order valence-corrected chi connectivity index (χ4v) is 6.48. The quantitative estimate of drug-likeness (QED) is 0.119. The lowest BCUT2D eigenvalue weighted by Crippen LogP contribution is -2.42. The second-order valence-corrected chi connectivity index (χ2v) is 13.5. The van der Waals surface area contributed by atoms with Crippen molar-refractivity contribution < 1.29 is 47.2 Å². The van der Waals surface area contributed by atoms with Crippen molar-refractivity contribution in [1.29, 1.82) is 0 Å². The van der Waals surface area contributed by atoms with E-state index in [9.17, 15) is 14.4 Å². The number of esters is 2. The van der Waals surface area contributed by atoms with Crippen LogP contribution in [0.3, 0.4) is 0 Å². The van der Waals surface area contributed by atoms with Gasteiger partial charge in [0.15, 0.2) is 0 Å². The number of aromatic nitrogens is 1. The Bertz CT molecular complexity index is 1270. The van der Waals surface area contributed by atoms with Crippen LogP contribution in [-0.2, 0) is 44.4 Å². The number of rotatable bonds is 12. The van der Waals surface area contributed by atoms with Crippen LogP contribution in [0.4, 0.5) is 4.79 Å². The third-order valence-electron chi connectivity index (χ3n) is 8.87. The van der Waals surface area contributed by atoms with Crippen molar-refractivity contribution in [2.45, 2.75) is 134 Å². The average Bonchev–Trinajstić information content (AvgIpc) is 3.51. The molecule has 4 bridgehead atoms. The normalized spacial score (nSPS) is 28.4. The molecule has 1 amide bonds. The molecule has 0 spiro atoms. The lowest BCUT2D eigenvalue weighted by atomic mass is 9.92. The highest BCUT2D eigenvalue weighted by molar-refractivity contribution is 5.82. The zero-order chi connectivity index (χ0) is 35.0. The van der Waals surface area contributed by atoms with Crippen molar-refractivity contribution in [3.05, 3.63) is 48.2 Å². The van der Waals surface area contributed by atoms with E-state index >= 15 is 0 Å². The third-order valence-corrected chi connectivity index (χ3v) is 8.87. The number of carbonyl (C=O) groups excluding carboxylic acids is 3. The number of cyclic esters (lactones) is 1. The van der Waals surface area contributed by atoms with Gasteiger partial charge in [-0.25, -0.2) is 14.6 Å². The number of hydrogen-bond donors (Lipinski definition) is 1. The maximum absolute atomic E-state index is 13.2. The number of ether oxygens (including phenoxy) is 6. The number of carbonyl (C=O) groups is 3. The predicted molar refractivity (Wildman–Crippen MR) is 181 cm³/mol. The summed E-state index contributed by atoms with van der Waals surface area (Å²) in [4.78, 5) is 41.6. The molecule has 3 saturated heterocycles. The van der Waals surface area contributed by atoms with Gasteiger partial charge in [0, 0.05) is 39.0 Å². The van der Waals surface area contributed by atoms with E-state index in [-0.39, 0.29) is 49.5 Å². The Morgan fingerprint density at radius 1 is 0.980 bits per heavy atom. The number of methoxy groups -OCH3 is 2. The van der Waals surface area contributed by atoms with E-state index in [0.717, 1.165) is 37.8 Å². The van der Waals surface area contributed by atoms with Crippen molar-refractivity contribution in [3.8, 4) is 0 Å². The minimum atomic E-state index is -0.517. The predicted octanol–water partition coefficient (Wildman–Crippen LogP) is 6.03. The maximum atomic E-state index is 13.2. The minimum absolute atomic E-state index is 0.0343. The van der Waals surface area contributed by atoms with Crippen molar-refractivity contribution in [3.63, 3.8) is 0 Å². The molecule has 12 heteroatoms. The van der Waals surface area contributed by atoms with Crippen LogP contribution in [0.15, 0.2) is 41.1 Å². The molecule has 49 heavy (non-hydrogen) atoms. The van der Waals surface area contributed by atoms with E-state index in [2.05, 4.69) is 35.0 Å². The van der Waals surface area contributed by atoms with Crippen LogP contribution in [0.1, 0.15) is 96.1 Å². The van der Waals surface area contributed by atoms with Gasteiger partial charge >= 0.3 is 18.0 Å². The summed E-state index contributed by atoms with van der Waals surface area (Å²) in [5.41, 5.74) is 0.736. The maximum Gasteiger partial charge on any atom is 0.407 e. The van der Waals surface area contributed by atoms with Crippen LogP contribution in [0.2, 0.25) is 0 Å². The molecule has 4 rings (SSSR count). The molecule has 0 aromatic carbocycles. The van der Waals surface area contributed by atoms with Crippen molar-refractivity contribution in [2.24, 2.45) is 5.92 Å². The Morgan fingerprint density at radius 3 is 2.49 bits per heavy atom. The summed E-state index contributed by atoms with van der Waals surface area (Å²) in [5, 5.41) is 2.54. The molecule has 4 heterocycles. The summed E-state index contributed by atoms with van der Waals surface area (Å²) in [6.45, 7) is 4.60. The zero-order valence-electron chi connectivity index (χ0n) is 29.4. The van der Waals surface area contributed by atoms with Crippen LogP contribution in [0.25, 0.3) is 6.08 Å². The summed E-state index contributed by atoms with van der Waals surface area (Å²) in [6.07, 6.45) is 18.3. The minimum Gasteiger partial charge on any atom is -0.459 e. The fourth-order valence-electron chi connectivity index (χ4n) is 6.48. The molecular formula is C37H54N2O10. The Labute approximate surface area is 289 Å². The summed E-state index contributed by atoms with van der Waals surface area (Å²) >= 11 is 0. The Balaban J connectivity index is 1.33. The number of aryl methyl sites for hydroxylation is 1. The van der Waals surface area contributed by atoms with E-state index in [4.69, 9.17) is 28.1 Å². The molecule has 7 atom stereocenters. The van der Waals surface area contributed by atoms with Gasteiger partial charge in [0.1, 0.15) is 18.5 Å². The topological polar surface area (TPSA) is 145 Å². The van der Waals surface area contributed by atoms with Crippen LogP contribution < -0.4 is 5.32 Å². The highest BCUT2D eigenvalue weighted by Crippen LogP contribution is 2.32. The Hall–Kier alpha value is -3.48. The smallest absolute Gasteiger partial charge is 0.407 e. The summed E-state index contributed by atoms with van der Waals surface area (Å²) in [5.74, 6) is 0.155. The molecule has 3 aliphatic rings. The van der Waals surface area contributed by atoms with Crippen molar-refractivity contribution in [2.75, 3.05) is 20.8 Å². The van der Waals surface area contributed by atoms with Gasteiger partial charge in [0.2, 0.25) is 5.89 Å². The van der Waals surface area contributed by atoms with Gasteiger partial charge < -0.3 is 38.2 Å². The van der Waals surface area contributed by atoms with E-state index in [1.54, 1.807) is 31.6 Å². The second kappa shape index (κ2) is 20.3. The summed E-state index contributed by atoms with van der Waals surface area (Å²) < 4.78 is 40.6. The van der Waals surface area contributed by atoms with Gasteiger partial charge in [-0.3, -0.25) is 4.79 Å². The fraction of sp³-hybridized carbons (Fsp3) is 0.676. The Kier molecular flexibility index (Phi) is 15.8. The number of hydrogen-bond acceptors (Lipinski definition) is 11. The van der Waals surface area contributed by atoms with Gasteiger partial charge in [0.05, 0.1) is 49.7 Å². The van der Waals surface area contributed by atoms with Crippen LogP contribution in [0, 0.1) is 5.92 Å². The number of nitrogens with one attached hydrogen (secondary N) is 1. The van der Waals surface area contributed by atoms with Gasteiger partial charge in [0.25, 0.3) is 0 Å². The number of nitrogens with zero attached hydrogens (tertiary/aromatic N) is 1. The first-order chi connectivity index (χ1) is 23.7. The largest absolute Gasteiger partial charge is 0.459 e. The third kappa shape index (κ3) is 14.1. The summed E-state index contributed by atoms with van der Waals surface area (Å²) in [6, 6.07) is 0. The Morgan fingerprint density at radius 2 is 1.71 bits per heavy atom. The second-order valence-electron chi connectivity index (χ2n) is 13.5. The van der Waals surface area contributed by atoms with E-state index < -0.39 is 24.3 Å². The van der Waals surface area contributed by atoms with Gasteiger partial charge in [-0.05, 0) is 69.4 Å². The molecule has 272 valence electrons. The molecule has 0 radical (unpaired) electrons. The molecular weight excluding hydrogens is 632 g/mol. The lowest BCUT2D eigenvalue weighted by molar-refractivity contribution is -0.169. The highest BCUT2D eigenvalue weighted by Gasteiger charge is 2.36. The number of alkyl carbamates (subject to hydrolysis) is 1. The number of fused-ring (bicyclic) bond motifs is 4. The monoisotopic (exact) mass is 686 g/mol. The molecule has 0 aliphatic carbocycles. The van der Waals surface area contributed by atoms with Crippen LogP contribution >= 0.6 is 0 Å². The van der Waals surface area contributed by atoms with E-state index in [0.29, 0.717) is 50.3 Å². The molecule has 1 aromatic rings. The molecule has 12 nitrogen and oxygen atoms in total. The molecule has 3 fully saturated rings. The number of amides is 1. The first-order valence-electron chi connectivity index (χ1n) is 17.7. The SMILES string of the molecule is COC(=O)NC/C=C\c1nc(CC/C=C\C(=O)O[C@H]2CC3C[C@@H](OC)CC4CCC[C@@H](C[C@@H](/C=C/CC(C)C)OC(=O)C[C@@H](C2)O3)O4)co1. The zero-order valence-corrected chi connectivity index (χ0v) is 29.4. The van der Waals surface area contributed by atoms with Gasteiger partial charge in [-0.15, -0.1) is 0 Å². The number of oxazole rings is 1. The van der Waals surface area contributed by atoms with Crippen molar-refractivity contribution >= 4 is 24.1 Å². The molecule has 0 saturated carbocycles. The molecule has 3 aliphatic heterocycles. The van der Waals surface area contributed by atoms with Gasteiger partial charge in [-0.1, -0.05) is 32.1 Å². The van der Waals surface area contributed by atoms with Gasteiger partial charge in [-0.2, -0.15) is 0 Å². The standard InChI is InChI=1S/C37H54N2O10/c1-25(2)10-7-12-29-18-27-13-8-14-28(46-27)19-30(43-3)20-31-21-32(22-33(47-31)23-36(41)48-29)49-35(40)16-6-5-11-26-24-45-34(39-26)15-9-17-38-37(42)44-4/h6-7,9,12,15-16,24-25,27-33H,5,8,10-11,13-14,17-23H2,1-4H3,(H,38,42)/b12-7+,15-9-,16-6-/t27-,28?,29+,30-,31?,32-,33+/m0/s1. The first kappa shape index (κ1) is 38.3. The van der Waals surface area contributed by atoms with Crippen molar-refractivity contribution in [1.82, 2.24) is 10.3 Å². The van der Waals surface area contributed by atoms with Crippen LogP contribution in [0.5, 0.6) is 0 Å².